The van der Waals surface area contributed by atoms with Crippen molar-refractivity contribution < 1.29 is 48.7 Å². The van der Waals surface area contributed by atoms with E-state index < -0.39 is 101 Å². The topological polar surface area (TPSA) is 157 Å². The van der Waals surface area contributed by atoms with Crippen molar-refractivity contribution in [2.75, 3.05) is 0 Å². The summed E-state index contributed by atoms with van der Waals surface area (Å²) in [6, 6.07) is 0. The molecule has 10 heteroatoms. The van der Waals surface area contributed by atoms with Crippen molar-refractivity contribution in [3.63, 3.8) is 0 Å². The molecule has 0 aromatic rings. The summed E-state index contributed by atoms with van der Waals surface area (Å²) in [6.07, 6.45) is -4.45. The molecule has 42 heavy (non-hydrogen) atoms. The number of esters is 3. The van der Waals surface area contributed by atoms with Crippen molar-refractivity contribution in [1.82, 2.24) is 0 Å². The SMILES string of the molecule is C=C1C(OC(=O)C(C)C)C(OC(=O)C(C)C)C(O)C(C)(C)C=CC(C)C(=O)C2(O)CC(C)C(O)C2C1OC(=O)C(C)C. The summed E-state index contributed by atoms with van der Waals surface area (Å²) in [5.74, 6) is -7.44. The molecule has 0 radical (unpaired) electrons. The number of hydrogen-bond acceptors (Lipinski definition) is 10. The fraction of sp³-hybridized carbons (Fsp3) is 0.750. The first-order valence-electron chi connectivity index (χ1n) is 14.8. The molecule has 9 unspecified atom stereocenters. The van der Waals surface area contributed by atoms with E-state index in [4.69, 9.17) is 14.2 Å². The smallest absolute Gasteiger partial charge is 0.309 e. The van der Waals surface area contributed by atoms with E-state index in [1.807, 2.05) is 0 Å². The van der Waals surface area contributed by atoms with Gasteiger partial charge in [-0.3, -0.25) is 19.2 Å². The Bertz CT molecular complexity index is 1070. The first-order valence-corrected chi connectivity index (χ1v) is 14.8. The third-order valence-corrected chi connectivity index (χ3v) is 8.37. The van der Waals surface area contributed by atoms with E-state index in [1.54, 1.807) is 75.3 Å². The summed E-state index contributed by atoms with van der Waals surface area (Å²) in [5, 5.41) is 35.1. The van der Waals surface area contributed by atoms with Gasteiger partial charge in [0.25, 0.3) is 0 Å². The van der Waals surface area contributed by atoms with Crippen molar-refractivity contribution >= 4 is 23.7 Å². The van der Waals surface area contributed by atoms with Crippen LogP contribution in [0, 0.1) is 40.9 Å². The van der Waals surface area contributed by atoms with Gasteiger partial charge < -0.3 is 29.5 Å². The van der Waals surface area contributed by atoms with Crippen LogP contribution in [0.4, 0.5) is 0 Å². The third-order valence-electron chi connectivity index (χ3n) is 8.37. The Morgan fingerprint density at radius 3 is 1.81 bits per heavy atom. The van der Waals surface area contributed by atoms with Crippen molar-refractivity contribution in [3.8, 4) is 0 Å². The molecular weight excluding hydrogens is 544 g/mol. The lowest BCUT2D eigenvalue weighted by molar-refractivity contribution is -0.187. The Hall–Kier alpha value is -2.56. The lowest BCUT2D eigenvalue weighted by Gasteiger charge is -2.43. The molecule has 0 aliphatic heterocycles. The minimum Gasteiger partial charge on any atom is -0.457 e. The maximum Gasteiger partial charge on any atom is 0.309 e. The zero-order chi connectivity index (χ0) is 32.5. The van der Waals surface area contributed by atoms with E-state index in [9.17, 15) is 34.5 Å². The second-order valence-corrected chi connectivity index (χ2v) is 13.6. The Balaban J connectivity index is 2.95. The molecule has 9 atom stereocenters. The molecule has 0 amide bonds. The van der Waals surface area contributed by atoms with Gasteiger partial charge in [0, 0.05) is 16.9 Å². The summed E-state index contributed by atoms with van der Waals surface area (Å²) in [6.45, 7) is 20.3. The van der Waals surface area contributed by atoms with Gasteiger partial charge in [-0.15, -0.1) is 0 Å². The van der Waals surface area contributed by atoms with Crippen LogP contribution in [0.5, 0.6) is 0 Å². The molecule has 0 heterocycles. The fourth-order valence-corrected chi connectivity index (χ4v) is 5.45. The van der Waals surface area contributed by atoms with Crippen LogP contribution in [-0.4, -0.2) is 75.1 Å². The average Bonchev–Trinajstić information content (AvgIpc) is 3.13. The van der Waals surface area contributed by atoms with Crippen molar-refractivity contribution in [3.05, 3.63) is 24.3 Å². The van der Waals surface area contributed by atoms with Crippen molar-refractivity contribution in [2.45, 2.75) is 112 Å². The quantitative estimate of drug-likeness (QED) is 0.237. The van der Waals surface area contributed by atoms with Gasteiger partial charge >= 0.3 is 17.9 Å². The largest absolute Gasteiger partial charge is 0.457 e. The van der Waals surface area contributed by atoms with Gasteiger partial charge in [0.2, 0.25) is 0 Å². The molecule has 238 valence electrons. The molecule has 3 N–H and O–H groups in total. The number of aliphatic hydroxyl groups excluding tert-OH is 2. The predicted octanol–water partition coefficient (Wildman–Crippen LogP) is 3.16. The van der Waals surface area contributed by atoms with Gasteiger partial charge in [0.15, 0.2) is 18.0 Å². The van der Waals surface area contributed by atoms with Crippen LogP contribution in [-0.2, 0) is 33.4 Å². The number of carbonyl (C=O) groups is 4. The summed E-state index contributed by atoms with van der Waals surface area (Å²) >= 11 is 0. The van der Waals surface area contributed by atoms with Gasteiger partial charge in [0.1, 0.15) is 17.8 Å². The zero-order valence-electron chi connectivity index (χ0n) is 26.6. The molecule has 1 saturated carbocycles. The van der Waals surface area contributed by atoms with Crippen LogP contribution in [0.15, 0.2) is 24.3 Å². The molecule has 2 rings (SSSR count). The highest BCUT2D eigenvalue weighted by atomic mass is 16.6. The Morgan fingerprint density at radius 1 is 0.881 bits per heavy atom. The van der Waals surface area contributed by atoms with Crippen LogP contribution >= 0.6 is 0 Å². The van der Waals surface area contributed by atoms with Gasteiger partial charge in [-0.05, 0) is 12.3 Å². The molecule has 10 nitrogen and oxygen atoms in total. The number of Topliss-reactive ketones (excluding diaryl/α,β-unsaturated/α-hetero) is 1. The molecule has 0 aromatic carbocycles. The fourth-order valence-electron chi connectivity index (χ4n) is 5.45. The molecule has 0 aromatic heterocycles. The number of allylic oxidation sites excluding steroid dienone is 1. The highest BCUT2D eigenvalue weighted by Crippen LogP contribution is 2.48. The maximum atomic E-state index is 13.9. The number of ether oxygens (including phenoxy) is 3. The number of carbonyl (C=O) groups excluding carboxylic acids is 4. The van der Waals surface area contributed by atoms with Crippen LogP contribution in [0.25, 0.3) is 0 Å². The first-order chi connectivity index (χ1) is 19.2. The Morgan fingerprint density at radius 2 is 1.33 bits per heavy atom. The van der Waals surface area contributed by atoms with Gasteiger partial charge in [-0.2, -0.15) is 0 Å². The molecule has 2 aliphatic rings. The van der Waals surface area contributed by atoms with Gasteiger partial charge in [-0.25, -0.2) is 0 Å². The lowest BCUT2D eigenvalue weighted by Crippen LogP contribution is -2.57. The molecule has 0 spiro atoms. The van der Waals surface area contributed by atoms with Gasteiger partial charge in [0.05, 0.1) is 29.8 Å². The second-order valence-electron chi connectivity index (χ2n) is 13.6. The second kappa shape index (κ2) is 13.4. The number of ketones is 1. The number of fused-ring (bicyclic) bond motifs is 1. The summed E-state index contributed by atoms with van der Waals surface area (Å²) < 4.78 is 17.5. The Labute approximate surface area is 249 Å². The Kier molecular flexibility index (Phi) is 11.4. The highest BCUT2D eigenvalue weighted by Gasteiger charge is 2.61. The van der Waals surface area contributed by atoms with Crippen LogP contribution in [0.2, 0.25) is 0 Å². The summed E-state index contributed by atoms with van der Waals surface area (Å²) in [5.41, 5.74) is -3.44. The number of hydrogen-bond donors (Lipinski definition) is 3. The predicted molar refractivity (Wildman–Crippen MR) is 155 cm³/mol. The molecule has 0 bridgehead atoms. The minimum absolute atomic E-state index is 0.118. The highest BCUT2D eigenvalue weighted by molar-refractivity contribution is 5.91. The van der Waals surface area contributed by atoms with E-state index in [-0.39, 0.29) is 12.0 Å². The maximum absolute atomic E-state index is 13.9. The third kappa shape index (κ3) is 7.32. The van der Waals surface area contributed by atoms with E-state index in [0.717, 1.165) is 0 Å². The average molecular weight is 595 g/mol. The standard InChI is InChI=1S/C32H50O10/c1-15(2)28(36)40-23-20(9)24(41-29(37)16(3)4)25(42-30(38)17(5)6)27(35)31(10,11)13-12-18(7)26(34)32(39)14-19(8)22(33)21(23)32/h12-13,15-19,21-25,27,33,35,39H,9,14H2,1-8,10-11H3. The van der Waals surface area contributed by atoms with Crippen LogP contribution < -0.4 is 0 Å². The van der Waals surface area contributed by atoms with Crippen molar-refractivity contribution in [2.24, 2.45) is 40.9 Å². The van der Waals surface area contributed by atoms with Crippen LogP contribution in [0.3, 0.4) is 0 Å². The lowest BCUT2D eigenvalue weighted by atomic mass is 9.72. The minimum atomic E-state index is -2.15. The van der Waals surface area contributed by atoms with E-state index >= 15 is 0 Å². The number of rotatable bonds is 6. The zero-order valence-corrected chi connectivity index (χ0v) is 26.6. The summed E-state index contributed by atoms with van der Waals surface area (Å²) in [7, 11) is 0. The van der Waals surface area contributed by atoms with Crippen LogP contribution in [0.1, 0.15) is 75.7 Å². The van der Waals surface area contributed by atoms with Gasteiger partial charge in [-0.1, -0.05) is 88.0 Å². The van der Waals surface area contributed by atoms with E-state index in [2.05, 4.69) is 6.58 Å². The number of aliphatic hydroxyl groups is 3. The molecular formula is C32H50O10. The summed E-state index contributed by atoms with van der Waals surface area (Å²) in [4.78, 5) is 52.9. The van der Waals surface area contributed by atoms with E-state index in [0.29, 0.717) is 0 Å². The van der Waals surface area contributed by atoms with Crippen molar-refractivity contribution in [1.29, 1.82) is 0 Å². The first kappa shape index (κ1) is 35.6. The molecule has 2 aliphatic carbocycles. The molecule has 0 saturated heterocycles. The van der Waals surface area contributed by atoms with E-state index in [1.165, 1.54) is 6.08 Å². The molecule has 1 fully saturated rings. The normalized spacial score (nSPS) is 35.4. The monoisotopic (exact) mass is 594 g/mol.